The van der Waals surface area contributed by atoms with Crippen molar-refractivity contribution in [3.05, 3.63) is 58.5 Å². The van der Waals surface area contributed by atoms with Gasteiger partial charge in [-0.15, -0.1) is 0 Å². The van der Waals surface area contributed by atoms with Crippen molar-refractivity contribution in [2.24, 2.45) is 0 Å². The van der Waals surface area contributed by atoms with Gasteiger partial charge in [-0.1, -0.05) is 29.8 Å². The van der Waals surface area contributed by atoms with Gasteiger partial charge in [-0.3, -0.25) is 0 Å². The van der Waals surface area contributed by atoms with Gasteiger partial charge in [-0.05, 0) is 12.1 Å². The molecular formula is C14H11ClFN3. The average molecular weight is 276 g/mol. The van der Waals surface area contributed by atoms with Crippen LogP contribution >= 0.6 is 11.6 Å². The van der Waals surface area contributed by atoms with Crippen molar-refractivity contribution in [3.63, 3.8) is 0 Å². The van der Waals surface area contributed by atoms with Crippen LogP contribution < -0.4 is 4.90 Å². The molecule has 1 aromatic carbocycles. The topological polar surface area (TPSA) is 39.9 Å². The summed E-state index contributed by atoms with van der Waals surface area (Å²) in [6.45, 7) is 0.328. The van der Waals surface area contributed by atoms with Gasteiger partial charge in [0.1, 0.15) is 22.7 Å². The van der Waals surface area contributed by atoms with Crippen molar-refractivity contribution >= 4 is 17.4 Å². The fraction of sp³-hybridized carbons (Fsp3) is 0.143. The van der Waals surface area contributed by atoms with Crippen LogP contribution in [0.25, 0.3) is 0 Å². The van der Waals surface area contributed by atoms with E-state index >= 15 is 0 Å². The highest BCUT2D eigenvalue weighted by molar-refractivity contribution is 6.34. The number of hydrogen-bond donors (Lipinski definition) is 0. The van der Waals surface area contributed by atoms with Gasteiger partial charge >= 0.3 is 0 Å². The molecule has 0 spiro atoms. The van der Waals surface area contributed by atoms with Crippen LogP contribution in [0.15, 0.2) is 36.5 Å². The molecule has 1 aromatic heterocycles. The highest BCUT2D eigenvalue weighted by Gasteiger charge is 2.13. The number of pyridine rings is 1. The Morgan fingerprint density at radius 1 is 1.37 bits per heavy atom. The van der Waals surface area contributed by atoms with E-state index in [1.165, 1.54) is 12.3 Å². The highest BCUT2D eigenvalue weighted by atomic mass is 35.5. The summed E-state index contributed by atoms with van der Waals surface area (Å²) in [6.07, 6.45) is 1.51. The molecule has 0 bridgehead atoms. The summed E-state index contributed by atoms with van der Waals surface area (Å²) in [5, 5.41) is 9.20. The molecule has 0 aliphatic carbocycles. The summed E-state index contributed by atoms with van der Waals surface area (Å²) in [5.41, 5.74) is 0.900. The van der Waals surface area contributed by atoms with E-state index in [1.54, 1.807) is 36.2 Å². The van der Waals surface area contributed by atoms with Crippen molar-refractivity contribution in [1.29, 1.82) is 5.26 Å². The van der Waals surface area contributed by atoms with E-state index in [-0.39, 0.29) is 10.8 Å². The lowest BCUT2D eigenvalue weighted by molar-refractivity contribution is 0.607. The number of benzene rings is 1. The lowest BCUT2D eigenvalue weighted by atomic mass is 10.2. The van der Waals surface area contributed by atoms with Gasteiger partial charge in [0.2, 0.25) is 0 Å². The molecule has 3 nitrogen and oxygen atoms in total. The Balaban J connectivity index is 2.29. The van der Waals surface area contributed by atoms with Gasteiger partial charge in [0.15, 0.2) is 0 Å². The maximum absolute atomic E-state index is 13.6. The molecule has 0 amide bonds. The predicted octanol–water partition coefficient (Wildman–Crippen LogP) is 3.38. The van der Waals surface area contributed by atoms with Crippen molar-refractivity contribution in [2.45, 2.75) is 6.54 Å². The third kappa shape index (κ3) is 2.83. The van der Waals surface area contributed by atoms with E-state index in [2.05, 4.69) is 4.98 Å². The molecule has 0 N–H and O–H groups in total. The molecular weight excluding hydrogens is 265 g/mol. The minimum Gasteiger partial charge on any atom is -0.354 e. The molecule has 0 atom stereocenters. The van der Waals surface area contributed by atoms with E-state index in [0.29, 0.717) is 23.5 Å². The second kappa shape index (κ2) is 5.68. The van der Waals surface area contributed by atoms with Crippen LogP contribution in [-0.2, 0) is 6.54 Å². The first-order valence-corrected chi connectivity index (χ1v) is 6.00. The van der Waals surface area contributed by atoms with Gasteiger partial charge in [-0.25, -0.2) is 9.37 Å². The van der Waals surface area contributed by atoms with Crippen LogP contribution in [-0.4, -0.2) is 12.0 Å². The first-order chi connectivity index (χ1) is 9.13. The number of nitrogens with zero attached hydrogens (tertiary/aromatic N) is 3. The molecule has 0 unspecified atom stereocenters. The maximum Gasteiger partial charge on any atom is 0.148 e. The minimum absolute atomic E-state index is 0.276. The van der Waals surface area contributed by atoms with Crippen LogP contribution in [0.3, 0.4) is 0 Å². The molecule has 19 heavy (non-hydrogen) atoms. The molecule has 5 heteroatoms. The summed E-state index contributed by atoms with van der Waals surface area (Å²) < 4.78 is 13.6. The van der Waals surface area contributed by atoms with Crippen LogP contribution in [0.1, 0.15) is 11.1 Å². The molecule has 0 fully saturated rings. The molecule has 0 radical (unpaired) electrons. The summed E-state index contributed by atoms with van der Waals surface area (Å²) in [7, 11) is 1.75. The first kappa shape index (κ1) is 13.3. The lowest BCUT2D eigenvalue weighted by Crippen LogP contribution is -2.19. The van der Waals surface area contributed by atoms with Crippen LogP contribution in [0.5, 0.6) is 0 Å². The zero-order valence-corrected chi connectivity index (χ0v) is 11.0. The molecule has 2 aromatic rings. The van der Waals surface area contributed by atoms with Crippen molar-refractivity contribution < 1.29 is 4.39 Å². The van der Waals surface area contributed by atoms with Gasteiger partial charge < -0.3 is 4.90 Å². The molecule has 96 valence electrons. The van der Waals surface area contributed by atoms with Crippen LogP contribution in [0.4, 0.5) is 10.2 Å². The Hall–Kier alpha value is -2.12. The van der Waals surface area contributed by atoms with Crippen molar-refractivity contribution in [2.75, 3.05) is 11.9 Å². The van der Waals surface area contributed by atoms with Crippen molar-refractivity contribution in [1.82, 2.24) is 4.98 Å². The molecule has 0 saturated heterocycles. The Morgan fingerprint density at radius 2 is 2.11 bits per heavy atom. The fourth-order valence-electron chi connectivity index (χ4n) is 1.74. The number of hydrogen-bond acceptors (Lipinski definition) is 3. The van der Waals surface area contributed by atoms with Crippen LogP contribution in [0, 0.1) is 17.1 Å². The zero-order valence-electron chi connectivity index (χ0n) is 10.3. The van der Waals surface area contributed by atoms with E-state index in [4.69, 9.17) is 16.9 Å². The number of anilines is 1. The smallest absolute Gasteiger partial charge is 0.148 e. The predicted molar refractivity (Wildman–Crippen MR) is 72.5 cm³/mol. The molecule has 0 aliphatic heterocycles. The van der Waals surface area contributed by atoms with Gasteiger partial charge in [0.05, 0.1) is 5.56 Å². The maximum atomic E-state index is 13.6. The third-order valence-electron chi connectivity index (χ3n) is 2.72. The van der Waals surface area contributed by atoms with Crippen molar-refractivity contribution in [3.8, 4) is 6.07 Å². The second-order valence-corrected chi connectivity index (χ2v) is 4.43. The SMILES string of the molecule is CN(Cc1ccccc1F)c1nccc(C#N)c1Cl. The largest absolute Gasteiger partial charge is 0.354 e. The Morgan fingerprint density at radius 3 is 2.79 bits per heavy atom. The summed E-state index contributed by atoms with van der Waals surface area (Å²) in [5.74, 6) is 0.186. The Kier molecular flexibility index (Phi) is 3.98. The Labute approximate surface area is 115 Å². The highest BCUT2D eigenvalue weighted by Crippen LogP contribution is 2.26. The zero-order chi connectivity index (χ0) is 13.8. The molecule has 0 aliphatic rings. The lowest BCUT2D eigenvalue weighted by Gasteiger charge is -2.19. The van der Waals surface area contributed by atoms with E-state index in [9.17, 15) is 4.39 Å². The van der Waals surface area contributed by atoms with E-state index in [0.717, 1.165) is 0 Å². The van der Waals surface area contributed by atoms with Crippen LogP contribution in [0.2, 0.25) is 5.02 Å². The monoisotopic (exact) mass is 275 g/mol. The summed E-state index contributed by atoms with van der Waals surface area (Å²) in [6, 6.07) is 10.1. The normalized spacial score (nSPS) is 10.0. The first-order valence-electron chi connectivity index (χ1n) is 5.62. The van der Waals surface area contributed by atoms with Gasteiger partial charge in [0.25, 0.3) is 0 Å². The number of nitriles is 1. The summed E-state index contributed by atoms with van der Waals surface area (Å²) in [4.78, 5) is 5.84. The Bertz CT molecular complexity index is 637. The number of aromatic nitrogens is 1. The molecule has 2 rings (SSSR count). The van der Waals surface area contributed by atoms with Gasteiger partial charge in [0, 0.05) is 25.4 Å². The average Bonchev–Trinajstić information content (AvgIpc) is 2.41. The standard InChI is InChI=1S/C14H11ClFN3/c1-19(9-11-4-2-3-5-12(11)16)14-13(15)10(8-17)6-7-18-14/h2-7H,9H2,1H3. The second-order valence-electron chi connectivity index (χ2n) is 4.06. The fourth-order valence-corrected chi connectivity index (χ4v) is 2.04. The number of rotatable bonds is 3. The number of halogens is 2. The minimum atomic E-state index is -0.276. The van der Waals surface area contributed by atoms with E-state index in [1.807, 2.05) is 6.07 Å². The van der Waals surface area contributed by atoms with E-state index < -0.39 is 0 Å². The summed E-state index contributed by atoms with van der Waals surface area (Å²) >= 11 is 6.09. The molecule has 0 saturated carbocycles. The quantitative estimate of drug-likeness (QED) is 0.862. The third-order valence-corrected chi connectivity index (χ3v) is 3.09. The van der Waals surface area contributed by atoms with Gasteiger partial charge in [-0.2, -0.15) is 5.26 Å². The molecule has 1 heterocycles.